The molecule has 1 aliphatic rings. The van der Waals surface area contributed by atoms with Crippen LogP contribution in [0.3, 0.4) is 0 Å². The van der Waals surface area contributed by atoms with Crippen LogP contribution in [-0.4, -0.2) is 43.5 Å². The molecule has 0 spiro atoms. The molecule has 1 amide bonds. The SMILES string of the molecule is O=C(NCc1ccnc(-c2ccc(OC(F)(F)F)cc2)c1)C1(NCCS(=O)(=O)c2ccc(Cl)s2)CC1. The van der Waals surface area contributed by atoms with Crippen LogP contribution >= 0.6 is 22.9 Å². The van der Waals surface area contributed by atoms with Gasteiger partial charge in [0.2, 0.25) is 5.91 Å². The van der Waals surface area contributed by atoms with E-state index in [1.54, 1.807) is 18.3 Å². The number of hydrogen-bond acceptors (Lipinski definition) is 7. The molecule has 2 N–H and O–H groups in total. The molecule has 7 nitrogen and oxygen atoms in total. The van der Waals surface area contributed by atoms with Crippen LogP contribution in [0.2, 0.25) is 4.34 Å². The van der Waals surface area contributed by atoms with Crippen molar-refractivity contribution in [2.24, 2.45) is 0 Å². The summed E-state index contributed by atoms with van der Waals surface area (Å²) in [7, 11) is -3.49. The number of pyridine rings is 1. The molecule has 1 aliphatic carbocycles. The Hall–Kier alpha value is -2.67. The second-order valence-electron chi connectivity index (χ2n) is 8.19. The standard InChI is InChI=1S/C23H21ClF3N3O4S2/c24-19-5-6-20(35-19)36(32,33)12-11-30-22(8-9-22)21(31)29-14-15-7-10-28-18(13-15)16-1-3-17(4-2-16)34-23(25,26)27/h1-7,10,13,30H,8-9,11-12,14H2,(H,29,31). The zero-order valence-electron chi connectivity index (χ0n) is 18.6. The number of rotatable bonds is 10. The fourth-order valence-electron chi connectivity index (χ4n) is 3.52. The summed E-state index contributed by atoms with van der Waals surface area (Å²) < 4.78 is 66.3. The fraction of sp³-hybridized carbons (Fsp3) is 0.304. The van der Waals surface area contributed by atoms with E-state index in [4.69, 9.17) is 11.6 Å². The first-order valence-corrected chi connectivity index (χ1v) is 13.6. The van der Waals surface area contributed by atoms with Gasteiger partial charge in [-0.3, -0.25) is 9.78 Å². The van der Waals surface area contributed by atoms with Crippen molar-refractivity contribution < 1.29 is 31.1 Å². The number of amides is 1. The van der Waals surface area contributed by atoms with Crippen molar-refractivity contribution in [3.8, 4) is 17.0 Å². The molecule has 13 heteroatoms. The first-order chi connectivity index (χ1) is 17.0. The molecule has 3 aromatic rings. The van der Waals surface area contributed by atoms with Crippen LogP contribution < -0.4 is 15.4 Å². The Labute approximate surface area is 214 Å². The molecule has 0 radical (unpaired) electrons. The highest BCUT2D eigenvalue weighted by Gasteiger charge is 2.49. The van der Waals surface area contributed by atoms with Gasteiger partial charge in [0.05, 0.1) is 21.3 Å². The Morgan fingerprint density at radius 2 is 1.86 bits per heavy atom. The first kappa shape index (κ1) is 26.4. The maximum atomic E-state index is 12.8. The largest absolute Gasteiger partial charge is 0.573 e. The third-order valence-electron chi connectivity index (χ3n) is 5.53. The molecule has 2 heterocycles. The smallest absolute Gasteiger partial charge is 0.406 e. The van der Waals surface area contributed by atoms with Crippen LogP contribution in [0.25, 0.3) is 11.3 Å². The maximum Gasteiger partial charge on any atom is 0.573 e. The predicted molar refractivity (Wildman–Crippen MR) is 130 cm³/mol. The lowest BCUT2D eigenvalue weighted by Gasteiger charge is -2.17. The number of nitrogens with one attached hydrogen (secondary N) is 2. The third-order valence-corrected chi connectivity index (χ3v) is 9.06. The van der Waals surface area contributed by atoms with E-state index in [2.05, 4.69) is 20.4 Å². The molecule has 0 bridgehead atoms. The second-order valence-corrected chi connectivity index (χ2v) is 12.2. The number of hydrogen-bond donors (Lipinski definition) is 2. The molecule has 1 fully saturated rings. The minimum absolute atomic E-state index is 0.124. The first-order valence-electron chi connectivity index (χ1n) is 10.8. The second kappa shape index (κ2) is 10.4. The van der Waals surface area contributed by atoms with Gasteiger partial charge in [-0.25, -0.2) is 8.42 Å². The Bertz CT molecular complexity index is 1340. The van der Waals surface area contributed by atoms with Crippen molar-refractivity contribution in [3.63, 3.8) is 0 Å². The number of aromatic nitrogens is 1. The molecule has 0 saturated heterocycles. The van der Waals surface area contributed by atoms with Crippen molar-refractivity contribution in [3.05, 3.63) is 64.6 Å². The summed E-state index contributed by atoms with van der Waals surface area (Å²) in [6, 6.07) is 11.8. The van der Waals surface area contributed by atoms with Crippen LogP contribution in [-0.2, 0) is 21.2 Å². The van der Waals surface area contributed by atoms with E-state index < -0.39 is 21.7 Å². The van der Waals surface area contributed by atoms with E-state index in [0.717, 1.165) is 16.9 Å². The molecule has 0 atom stereocenters. The summed E-state index contributed by atoms with van der Waals surface area (Å²) in [5.41, 5.74) is 1.06. The predicted octanol–water partition coefficient (Wildman–Crippen LogP) is 4.57. The van der Waals surface area contributed by atoms with E-state index in [-0.39, 0.29) is 34.7 Å². The van der Waals surface area contributed by atoms with E-state index in [1.807, 2.05) is 0 Å². The Morgan fingerprint density at radius 3 is 2.47 bits per heavy atom. The van der Waals surface area contributed by atoms with Gasteiger partial charge in [-0.15, -0.1) is 24.5 Å². The van der Waals surface area contributed by atoms with E-state index in [1.165, 1.54) is 36.4 Å². The van der Waals surface area contributed by atoms with Gasteiger partial charge < -0.3 is 15.4 Å². The van der Waals surface area contributed by atoms with Gasteiger partial charge in [0, 0.05) is 24.8 Å². The van der Waals surface area contributed by atoms with Crippen molar-refractivity contribution >= 4 is 38.7 Å². The zero-order chi connectivity index (χ0) is 26.0. The van der Waals surface area contributed by atoms with Gasteiger partial charge in [0.25, 0.3) is 0 Å². The van der Waals surface area contributed by atoms with Crippen LogP contribution in [0.4, 0.5) is 13.2 Å². The summed E-state index contributed by atoms with van der Waals surface area (Å²) in [5, 5.41) is 5.93. The Kier molecular flexibility index (Phi) is 7.60. The van der Waals surface area contributed by atoms with E-state index >= 15 is 0 Å². The van der Waals surface area contributed by atoms with Gasteiger partial charge in [0.1, 0.15) is 9.96 Å². The highest BCUT2D eigenvalue weighted by molar-refractivity contribution is 7.93. The third kappa shape index (κ3) is 6.75. The minimum Gasteiger partial charge on any atom is -0.406 e. The quantitative estimate of drug-likeness (QED) is 0.377. The average Bonchev–Trinajstić information content (AvgIpc) is 3.47. The van der Waals surface area contributed by atoms with E-state index in [9.17, 15) is 26.4 Å². The highest BCUT2D eigenvalue weighted by atomic mass is 35.5. The zero-order valence-corrected chi connectivity index (χ0v) is 21.0. The molecule has 2 aromatic heterocycles. The molecule has 36 heavy (non-hydrogen) atoms. The Morgan fingerprint density at radius 1 is 1.14 bits per heavy atom. The number of ether oxygens (including phenoxy) is 1. The summed E-state index contributed by atoms with van der Waals surface area (Å²) in [5.74, 6) is -0.714. The summed E-state index contributed by atoms with van der Waals surface area (Å²) >= 11 is 6.82. The van der Waals surface area contributed by atoms with Crippen LogP contribution in [0, 0.1) is 0 Å². The van der Waals surface area contributed by atoms with Crippen LogP contribution in [0.15, 0.2) is 58.9 Å². The molecule has 192 valence electrons. The van der Waals surface area contributed by atoms with Crippen molar-refractivity contribution in [2.45, 2.75) is 35.5 Å². The van der Waals surface area contributed by atoms with Crippen LogP contribution in [0.5, 0.6) is 5.75 Å². The number of sulfone groups is 1. The lowest BCUT2D eigenvalue weighted by Crippen LogP contribution is -2.47. The highest BCUT2D eigenvalue weighted by Crippen LogP contribution is 2.36. The minimum atomic E-state index is -4.77. The monoisotopic (exact) mass is 559 g/mol. The van der Waals surface area contributed by atoms with Crippen molar-refractivity contribution in [1.82, 2.24) is 15.6 Å². The van der Waals surface area contributed by atoms with Gasteiger partial charge >= 0.3 is 6.36 Å². The average molecular weight is 560 g/mol. The number of halogens is 4. The lowest BCUT2D eigenvalue weighted by molar-refractivity contribution is -0.274. The molecule has 0 aliphatic heterocycles. The van der Waals surface area contributed by atoms with Gasteiger partial charge in [-0.05, 0) is 66.9 Å². The topological polar surface area (TPSA) is 97.4 Å². The molecular weight excluding hydrogens is 539 g/mol. The molecule has 1 aromatic carbocycles. The lowest BCUT2D eigenvalue weighted by atomic mass is 10.1. The van der Waals surface area contributed by atoms with E-state index in [0.29, 0.717) is 28.4 Å². The molecular formula is C23H21ClF3N3O4S2. The van der Waals surface area contributed by atoms with Gasteiger partial charge in [0.15, 0.2) is 9.84 Å². The number of carbonyl (C=O) groups is 1. The maximum absolute atomic E-state index is 12.8. The Balaban J connectivity index is 1.31. The fourth-order valence-corrected chi connectivity index (χ4v) is 6.31. The van der Waals surface area contributed by atoms with Crippen molar-refractivity contribution in [2.75, 3.05) is 12.3 Å². The number of thiophene rings is 1. The number of nitrogens with zero attached hydrogens (tertiary/aromatic N) is 1. The summed E-state index contributed by atoms with van der Waals surface area (Å²) in [4.78, 5) is 17.0. The molecule has 4 rings (SSSR count). The van der Waals surface area contributed by atoms with Crippen molar-refractivity contribution in [1.29, 1.82) is 0 Å². The normalized spacial score (nSPS) is 14.9. The number of benzene rings is 1. The van der Waals surface area contributed by atoms with Crippen LogP contribution in [0.1, 0.15) is 18.4 Å². The van der Waals surface area contributed by atoms with Gasteiger partial charge in [-0.1, -0.05) is 11.6 Å². The molecule has 0 unspecified atom stereocenters. The summed E-state index contributed by atoms with van der Waals surface area (Å²) in [6.45, 7) is 0.331. The van der Waals surface area contributed by atoms with Gasteiger partial charge in [-0.2, -0.15) is 0 Å². The summed E-state index contributed by atoms with van der Waals surface area (Å²) in [6.07, 6.45) is -2.03. The number of carbonyl (C=O) groups excluding carboxylic acids is 1. The number of alkyl halides is 3. The molecule has 1 saturated carbocycles.